The molecule has 0 aliphatic heterocycles. The minimum absolute atomic E-state index is 0.108. The predicted molar refractivity (Wildman–Crippen MR) is 120 cm³/mol. The van der Waals surface area contributed by atoms with Crippen molar-refractivity contribution in [3.05, 3.63) is 60.6 Å². The molecule has 0 aliphatic rings. The second-order valence-electron chi connectivity index (χ2n) is 7.35. The van der Waals surface area contributed by atoms with Crippen LogP contribution in [-0.4, -0.2) is 32.8 Å². The van der Waals surface area contributed by atoms with Crippen LogP contribution >= 0.6 is 0 Å². The molecular formula is C22H25N7O2. The molecule has 31 heavy (non-hydrogen) atoms. The molecule has 1 aromatic carbocycles. The van der Waals surface area contributed by atoms with E-state index in [1.54, 1.807) is 19.3 Å². The van der Waals surface area contributed by atoms with Crippen LogP contribution in [0.1, 0.15) is 30.6 Å². The van der Waals surface area contributed by atoms with Crippen molar-refractivity contribution in [3.63, 3.8) is 0 Å². The lowest BCUT2D eigenvalue weighted by Crippen LogP contribution is -2.28. The number of nitrogens with two attached hydrogens (primary N) is 2. The Hall–Kier alpha value is -4.01. The van der Waals surface area contributed by atoms with Crippen LogP contribution in [0.4, 0.5) is 17.5 Å². The Morgan fingerprint density at radius 1 is 1.06 bits per heavy atom. The number of nitrogens with one attached hydrogen (secondary N) is 2. The fourth-order valence-corrected chi connectivity index (χ4v) is 3.10. The van der Waals surface area contributed by atoms with Gasteiger partial charge in [-0.3, -0.25) is 14.6 Å². The van der Waals surface area contributed by atoms with Gasteiger partial charge in [-0.2, -0.15) is 4.98 Å². The number of nitrogens with zero attached hydrogens (tertiary/aromatic N) is 3. The Balaban J connectivity index is 1.84. The molecule has 0 saturated carbocycles. The molecule has 0 radical (unpaired) electrons. The van der Waals surface area contributed by atoms with Gasteiger partial charge in [0.05, 0.1) is 0 Å². The topological polar surface area (TPSA) is 149 Å². The summed E-state index contributed by atoms with van der Waals surface area (Å²) in [7, 11) is 0. The van der Waals surface area contributed by atoms with E-state index in [1.165, 1.54) is 6.20 Å². The molecule has 2 aromatic heterocycles. The zero-order valence-electron chi connectivity index (χ0n) is 17.4. The molecule has 9 heteroatoms. The maximum atomic E-state index is 11.9. The molecule has 0 spiro atoms. The van der Waals surface area contributed by atoms with Crippen molar-refractivity contribution in [1.29, 1.82) is 0 Å². The second-order valence-corrected chi connectivity index (χ2v) is 7.35. The molecule has 0 aliphatic carbocycles. The first-order chi connectivity index (χ1) is 14.8. The Kier molecular flexibility index (Phi) is 6.76. The van der Waals surface area contributed by atoms with Gasteiger partial charge < -0.3 is 22.1 Å². The summed E-state index contributed by atoms with van der Waals surface area (Å²) in [4.78, 5) is 35.9. The highest BCUT2D eigenvalue weighted by atomic mass is 16.1. The summed E-state index contributed by atoms with van der Waals surface area (Å²) < 4.78 is 0. The van der Waals surface area contributed by atoms with Gasteiger partial charge in [-0.05, 0) is 37.1 Å². The first-order valence-electron chi connectivity index (χ1n) is 9.83. The van der Waals surface area contributed by atoms with Gasteiger partial charge in [-0.15, -0.1) is 0 Å². The third kappa shape index (κ3) is 5.75. The number of amides is 2. The molecule has 0 bridgehead atoms. The number of carbonyl (C=O) groups is 2. The van der Waals surface area contributed by atoms with Gasteiger partial charge in [-0.1, -0.05) is 25.1 Å². The number of carbonyl (C=O) groups excluding carboxylic acids is 2. The van der Waals surface area contributed by atoms with Crippen molar-refractivity contribution in [2.45, 2.75) is 26.3 Å². The summed E-state index contributed by atoms with van der Waals surface area (Å²) >= 11 is 0. The lowest BCUT2D eigenvalue weighted by Gasteiger charge is -2.18. The Bertz CT molecular complexity index is 1070. The molecule has 0 fully saturated rings. The van der Waals surface area contributed by atoms with Gasteiger partial charge in [0.25, 0.3) is 5.91 Å². The zero-order valence-corrected chi connectivity index (χ0v) is 17.4. The third-order valence-corrected chi connectivity index (χ3v) is 4.74. The number of pyridine rings is 1. The minimum Gasteiger partial charge on any atom is -0.369 e. The molecule has 3 aromatic rings. The Morgan fingerprint density at radius 3 is 2.52 bits per heavy atom. The quantitative estimate of drug-likeness (QED) is 0.416. The molecule has 2 amide bonds. The normalized spacial score (nSPS) is 12.6. The first kappa shape index (κ1) is 21.7. The van der Waals surface area contributed by atoms with Gasteiger partial charge in [-0.25, -0.2) is 4.98 Å². The monoisotopic (exact) mass is 419 g/mol. The fraction of sp³-hybridized carbons (Fsp3) is 0.227. The molecule has 160 valence electrons. The van der Waals surface area contributed by atoms with E-state index >= 15 is 0 Å². The minimum atomic E-state index is -0.645. The van der Waals surface area contributed by atoms with Crippen LogP contribution in [0.3, 0.4) is 0 Å². The van der Waals surface area contributed by atoms with E-state index in [4.69, 9.17) is 11.5 Å². The summed E-state index contributed by atoms with van der Waals surface area (Å²) in [5, 5.41) is 6.28. The summed E-state index contributed by atoms with van der Waals surface area (Å²) in [6.45, 7) is 3.66. The van der Waals surface area contributed by atoms with Gasteiger partial charge in [0.2, 0.25) is 11.9 Å². The van der Waals surface area contributed by atoms with Crippen LogP contribution in [0.15, 0.2) is 55.0 Å². The van der Waals surface area contributed by atoms with Crippen molar-refractivity contribution in [1.82, 2.24) is 15.0 Å². The fourth-order valence-electron chi connectivity index (χ4n) is 3.10. The molecule has 2 atom stereocenters. The maximum absolute atomic E-state index is 11.9. The van der Waals surface area contributed by atoms with E-state index in [-0.39, 0.29) is 29.2 Å². The highest BCUT2D eigenvalue weighted by molar-refractivity contribution is 5.98. The van der Waals surface area contributed by atoms with Crippen molar-refractivity contribution in [2.24, 2.45) is 17.4 Å². The summed E-state index contributed by atoms with van der Waals surface area (Å²) in [6, 6.07) is 11.4. The Morgan fingerprint density at radius 2 is 1.84 bits per heavy atom. The number of primary amides is 2. The number of hydrogen-bond donors (Lipinski definition) is 4. The molecule has 2 heterocycles. The van der Waals surface area contributed by atoms with Crippen molar-refractivity contribution < 1.29 is 9.59 Å². The standard InChI is InChI=1S/C22H25N7O2/c1-13(19(23)30)9-14(2)27-22-26-12-18(20(24)31)21(29-22)28-17-7-3-5-15(10-17)16-6-4-8-25-11-16/h3-8,10-14H,9H2,1-2H3,(H2,23,30)(H2,24,31)(H2,26,27,28,29). The van der Waals surface area contributed by atoms with E-state index in [1.807, 2.05) is 43.3 Å². The summed E-state index contributed by atoms with van der Waals surface area (Å²) in [5.41, 5.74) is 13.6. The van der Waals surface area contributed by atoms with Crippen LogP contribution in [0.25, 0.3) is 11.1 Å². The molecule has 9 nitrogen and oxygen atoms in total. The van der Waals surface area contributed by atoms with Crippen molar-refractivity contribution in [3.8, 4) is 11.1 Å². The van der Waals surface area contributed by atoms with Crippen LogP contribution in [-0.2, 0) is 4.79 Å². The zero-order chi connectivity index (χ0) is 22.4. The number of benzene rings is 1. The van der Waals surface area contributed by atoms with Gasteiger partial charge in [0.1, 0.15) is 11.4 Å². The average molecular weight is 419 g/mol. The summed E-state index contributed by atoms with van der Waals surface area (Å²) in [5.74, 6) is -0.717. The SMILES string of the molecule is CC(CC(C)C(N)=O)Nc1ncc(C(N)=O)c(Nc2cccc(-c3cccnc3)c2)n1. The average Bonchev–Trinajstić information content (AvgIpc) is 2.74. The van der Waals surface area contributed by atoms with Crippen LogP contribution in [0, 0.1) is 5.92 Å². The largest absolute Gasteiger partial charge is 0.369 e. The number of aromatic nitrogens is 3. The molecule has 6 N–H and O–H groups in total. The van der Waals surface area contributed by atoms with Crippen LogP contribution in [0.2, 0.25) is 0 Å². The van der Waals surface area contributed by atoms with E-state index < -0.39 is 5.91 Å². The lowest BCUT2D eigenvalue weighted by atomic mass is 10.0. The highest BCUT2D eigenvalue weighted by Gasteiger charge is 2.17. The van der Waals surface area contributed by atoms with Gasteiger partial charge >= 0.3 is 0 Å². The van der Waals surface area contributed by atoms with Gasteiger partial charge in [0.15, 0.2) is 0 Å². The molecule has 2 unspecified atom stereocenters. The second kappa shape index (κ2) is 9.66. The Labute approximate surface area is 180 Å². The van der Waals surface area contributed by atoms with E-state index in [0.717, 1.165) is 16.8 Å². The van der Waals surface area contributed by atoms with Crippen molar-refractivity contribution in [2.75, 3.05) is 10.6 Å². The van der Waals surface area contributed by atoms with E-state index in [2.05, 4.69) is 25.6 Å². The van der Waals surface area contributed by atoms with Crippen LogP contribution < -0.4 is 22.1 Å². The van der Waals surface area contributed by atoms with E-state index in [0.29, 0.717) is 12.4 Å². The highest BCUT2D eigenvalue weighted by Crippen LogP contribution is 2.25. The third-order valence-electron chi connectivity index (χ3n) is 4.74. The smallest absolute Gasteiger partial charge is 0.254 e. The van der Waals surface area contributed by atoms with Crippen LogP contribution in [0.5, 0.6) is 0 Å². The summed E-state index contributed by atoms with van der Waals surface area (Å²) in [6.07, 6.45) is 5.38. The first-order valence-corrected chi connectivity index (χ1v) is 9.83. The van der Waals surface area contributed by atoms with Gasteiger partial charge in [0, 0.05) is 41.8 Å². The molecule has 0 saturated heterocycles. The molecule has 3 rings (SSSR count). The molecular weight excluding hydrogens is 394 g/mol. The lowest BCUT2D eigenvalue weighted by molar-refractivity contribution is -0.121. The van der Waals surface area contributed by atoms with Crippen molar-refractivity contribution >= 4 is 29.3 Å². The van der Waals surface area contributed by atoms with E-state index in [9.17, 15) is 9.59 Å². The number of hydrogen-bond acceptors (Lipinski definition) is 7. The maximum Gasteiger partial charge on any atom is 0.254 e. The predicted octanol–water partition coefficient (Wildman–Crippen LogP) is 2.69. The number of rotatable bonds is 9. The number of anilines is 3.